The summed E-state index contributed by atoms with van der Waals surface area (Å²) in [5.74, 6) is 5.93. The molecule has 1 aromatic carbocycles. The smallest absolute Gasteiger partial charge is 0.142 e. The van der Waals surface area contributed by atoms with Crippen LogP contribution in [0.3, 0.4) is 0 Å². The zero-order valence-electron chi connectivity index (χ0n) is 6.95. The summed E-state index contributed by atoms with van der Waals surface area (Å²) in [6, 6.07) is 9.26. The Bertz CT molecular complexity index is 398. The molecule has 1 heterocycles. The quantitative estimate of drug-likeness (QED) is 0.433. The van der Waals surface area contributed by atoms with E-state index >= 15 is 0 Å². The van der Waals surface area contributed by atoms with E-state index in [4.69, 9.17) is 10.00 Å². The molecule has 0 N–H and O–H groups in total. The van der Waals surface area contributed by atoms with Gasteiger partial charge >= 0.3 is 0 Å². The summed E-state index contributed by atoms with van der Waals surface area (Å²) >= 11 is 0. The van der Waals surface area contributed by atoms with E-state index in [1.807, 2.05) is 12.1 Å². The van der Waals surface area contributed by atoms with Crippen LogP contribution in [-0.4, -0.2) is 12.7 Å². The molecule has 1 aliphatic heterocycles. The Balaban J connectivity index is 2.15. The van der Waals surface area contributed by atoms with Crippen molar-refractivity contribution in [3.8, 4) is 17.9 Å². The molecular weight excluding hydrogens is 162 g/mol. The first-order valence-electron chi connectivity index (χ1n) is 4.02. The van der Waals surface area contributed by atoms with Crippen molar-refractivity contribution in [1.29, 1.82) is 5.26 Å². The zero-order valence-corrected chi connectivity index (χ0v) is 6.95. The van der Waals surface area contributed by atoms with Gasteiger partial charge in [0.25, 0.3) is 0 Å². The summed E-state index contributed by atoms with van der Waals surface area (Å²) in [6.45, 7) is 0.753. The number of nitrogens with zero attached hydrogens (tertiary/aromatic N) is 1. The molecule has 1 saturated heterocycles. The molecule has 2 nitrogen and oxygen atoms in total. The van der Waals surface area contributed by atoms with Crippen LogP contribution in [-0.2, 0) is 4.74 Å². The van der Waals surface area contributed by atoms with E-state index in [9.17, 15) is 0 Å². The van der Waals surface area contributed by atoms with Gasteiger partial charge < -0.3 is 4.74 Å². The van der Waals surface area contributed by atoms with E-state index in [2.05, 4.69) is 17.9 Å². The first-order chi connectivity index (χ1) is 6.38. The Hall–Kier alpha value is -1.77. The molecule has 0 spiro atoms. The molecule has 1 fully saturated rings. The summed E-state index contributed by atoms with van der Waals surface area (Å²) in [5.41, 5.74) is 1.59. The van der Waals surface area contributed by atoms with Gasteiger partial charge in [0.1, 0.15) is 6.10 Å². The lowest BCUT2D eigenvalue weighted by molar-refractivity contribution is 0.445. The van der Waals surface area contributed by atoms with Gasteiger partial charge in [0.05, 0.1) is 18.2 Å². The second-order valence-electron chi connectivity index (χ2n) is 2.78. The monoisotopic (exact) mass is 169 g/mol. The molecule has 1 unspecified atom stereocenters. The van der Waals surface area contributed by atoms with Crippen molar-refractivity contribution >= 4 is 0 Å². The van der Waals surface area contributed by atoms with Crippen LogP contribution in [0, 0.1) is 23.2 Å². The lowest BCUT2D eigenvalue weighted by atomic mass is 10.1. The predicted octanol–water partition coefficient (Wildman–Crippen LogP) is 1.31. The highest BCUT2D eigenvalue weighted by Crippen LogP contribution is 2.07. The van der Waals surface area contributed by atoms with Gasteiger partial charge in [-0.2, -0.15) is 5.26 Å². The predicted molar refractivity (Wildman–Crippen MR) is 47.8 cm³/mol. The molecule has 2 heteroatoms. The van der Waals surface area contributed by atoms with Crippen molar-refractivity contribution in [2.45, 2.75) is 6.10 Å². The topological polar surface area (TPSA) is 36.3 Å². The highest BCUT2D eigenvalue weighted by Gasteiger charge is 2.18. The number of benzene rings is 1. The minimum atomic E-state index is 0.135. The maximum Gasteiger partial charge on any atom is 0.142 e. The van der Waals surface area contributed by atoms with Crippen molar-refractivity contribution in [1.82, 2.24) is 0 Å². The van der Waals surface area contributed by atoms with Crippen LogP contribution in [0.4, 0.5) is 0 Å². The largest absolute Gasteiger partial charge is 0.359 e. The minimum Gasteiger partial charge on any atom is -0.359 e. The Morgan fingerprint density at radius 1 is 1.23 bits per heavy atom. The van der Waals surface area contributed by atoms with E-state index in [1.54, 1.807) is 12.1 Å². The van der Waals surface area contributed by atoms with Crippen molar-refractivity contribution in [3.63, 3.8) is 0 Å². The Morgan fingerprint density at radius 3 is 2.38 bits per heavy atom. The lowest BCUT2D eigenvalue weighted by Crippen LogP contribution is -1.79. The minimum absolute atomic E-state index is 0.135. The summed E-state index contributed by atoms with van der Waals surface area (Å²) in [4.78, 5) is 0. The van der Waals surface area contributed by atoms with Gasteiger partial charge in [-0.3, -0.25) is 0 Å². The molecule has 62 valence electrons. The number of hydrogen-bond donors (Lipinski definition) is 0. The molecule has 0 saturated carbocycles. The van der Waals surface area contributed by atoms with E-state index in [0.717, 1.165) is 12.2 Å². The van der Waals surface area contributed by atoms with Gasteiger partial charge in [0.15, 0.2) is 0 Å². The third-order valence-electron chi connectivity index (χ3n) is 1.72. The van der Waals surface area contributed by atoms with Crippen molar-refractivity contribution in [2.24, 2.45) is 0 Å². The molecule has 1 atom stereocenters. The zero-order chi connectivity index (χ0) is 9.10. The number of hydrogen-bond acceptors (Lipinski definition) is 2. The second kappa shape index (κ2) is 3.31. The number of ether oxygens (including phenoxy) is 1. The van der Waals surface area contributed by atoms with Crippen molar-refractivity contribution in [3.05, 3.63) is 35.4 Å². The highest BCUT2D eigenvalue weighted by molar-refractivity contribution is 5.40. The van der Waals surface area contributed by atoms with Crippen LogP contribution >= 0.6 is 0 Å². The number of nitriles is 1. The maximum atomic E-state index is 8.55. The van der Waals surface area contributed by atoms with Crippen LogP contribution in [0.15, 0.2) is 24.3 Å². The second-order valence-corrected chi connectivity index (χ2v) is 2.78. The van der Waals surface area contributed by atoms with Gasteiger partial charge in [-0.15, -0.1) is 0 Å². The number of rotatable bonds is 0. The normalized spacial score (nSPS) is 18.2. The molecule has 2 rings (SSSR count). The SMILES string of the molecule is N#Cc1ccc(C#CC2CO2)cc1. The van der Waals surface area contributed by atoms with Gasteiger partial charge in [-0.05, 0) is 24.3 Å². The Morgan fingerprint density at radius 2 is 1.85 bits per heavy atom. The molecule has 0 aromatic heterocycles. The third kappa shape index (κ3) is 2.08. The molecule has 0 amide bonds. The first kappa shape index (κ1) is 7.86. The maximum absolute atomic E-state index is 8.55. The van der Waals surface area contributed by atoms with Gasteiger partial charge in [0, 0.05) is 5.56 Å². The molecule has 13 heavy (non-hydrogen) atoms. The van der Waals surface area contributed by atoms with Crippen molar-refractivity contribution in [2.75, 3.05) is 6.61 Å². The van der Waals surface area contributed by atoms with E-state index < -0.39 is 0 Å². The molecule has 0 bridgehead atoms. The van der Waals surface area contributed by atoms with Gasteiger partial charge in [-0.25, -0.2) is 0 Å². The Kier molecular flexibility index (Phi) is 2.00. The fourth-order valence-electron chi connectivity index (χ4n) is 0.923. The average Bonchev–Trinajstić information content (AvgIpc) is 2.99. The molecular formula is C11H7NO. The third-order valence-corrected chi connectivity index (χ3v) is 1.72. The van der Waals surface area contributed by atoms with Crippen LogP contribution in [0.5, 0.6) is 0 Å². The summed E-state index contributed by atoms with van der Waals surface area (Å²) in [7, 11) is 0. The van der Waals surface area contributed by atoms with Crippen LogP contribution in [0.25, 0.3) is 0 Å². The van der Waals surface area contributed by atoms with Gasteiger partial charge in [-0.1, -0.05) is 11.8 Å². The standard InChI is InChI=1S/C11H7NO/c12-7-10-3-1-9(2-4-10)5-6-11-8-13-11/h1-4,11H,8H2. The summed E-state index contributed by atoms with van der Waals surface area (Å²) in [6.07, 6.45) is 0.135. The summed E-state index contributed by atoms with van der Waals surface area (Å²) in [5, 5.41) is 8.55. The Labute approximate surface area is 76.8 Å². The molecule has 1 aliphatic rings. The van der Waals surface area contributed by atoms with E-state index in [1.165, 1.54) is 0 Å². The fraction of sp³-hybridized carbons (Fsp3) is 0.182. The van der Waals surface area contributed by atoms with Crippen LogP contribution in [0.2, 0.25) is 0 Å². The fourth-order valence-corrected chi connectivity index (χ4v) is 0.923. The van der Waals surface area contributed by atoms with Crippen molar-refractivity contribution < 1.29 is 4.74 Å². The average molecular weight is 169 g/mol. The molecule has 1 aromatic rings. The molecule has 0 aliphatic carbocycles. The van der Waals surface area contributed by atoms with E-state index in [0.29, 0.717) is 5.56 Å². The lowest BCUT2D eigenvalue weighted by Gasteiger charge is -1.88. The number of epoxide rings is 1. The molecule has 0 radical (unpaired) electrons. The summed E-state index contributed by atoms with van der Waals surface area (Å²) < 4.78 is 4.95. The van der Waals surface area contributed by atoms with Crippen LogP contribution < -0.4 is 0 Å². The highest BCUT2D eigenvalue weighted by atomic mass is 16.6. The van der Waals surface area contributed by atoms with Crippen LogP contribution in [0.1, 0.15) is 11.1 Å². The first-order valence-corrected chi connectivity index (χ1v) is 4.02. The van der Waals surface area contributed by atoms with E-state index in [-0.39, 0.29) is 6.10 Å². The van der Waals surface area contributed by atoms with Gasteiger partial charge in [0.2, 0.25) is 0 Å².